The first-order valence-electron chi connectivity index (χ1n) is 13.4. The van der Waals surface area contributed by atoms with E-state index in [1.54, 1.807) is 18.9 Å². The summed E-state index contributed by atoms with van der Waals surface area (Å²) in [5.41, 5.74) is 1.52. The Morgan fingerprint density at radius 2 is 1.83 bits per heavy atom. The van der Waals surface area contributed by atoms with Gasteiger partial charge in [0.1, 0.15) is 0 Å². The number of likely N-dealkylation sites (tertiary alicyclic amines) is 1. The van der Waals surface area contributed by atoms with Gasteiger partial charge >= 0.3 is 0 Å². The average Bonchev–Trinajstić information content (AvgIpc) is 3.48. The maximum absolute atomic E-state index is 13.3. The van der Waals surface area contributed by atoms with Gasteiger partial charge in [0.05, 0.1) is 17.7 Å². The van der Waals surface area contributed by atoms with Gasteiger partial charge in [-0.2, -0.15) is 5.10 Å². The van der Waals surface area contributed by atoms with Crippen LogP contribution in [-0.2, 0) is 4.79 Å². The number of piperidine rings is 1. The summed E-state index contributed by atoms with van der Waals surface area (Å²) in [6.07, 6.45) is 3.76. The first-order chi connectivity index (χ1) is 17.2. The fourth-order valence-electron chi connectivity index (χ4n) is 6.56. The summed E-state index contributed by atoms with van der Waals surface area (Å²) in [7, 11) is 1.77. The minimum Gasteiger partial charge on any atom is -0.390 e. The van der Waals surface area contributed by atoms with E-state index >= 15 is 0 Å². The number of aliphatic hydroxyl groups is 1. The minimum absolute atomic E-state index is 0.00738. The third kappa shape index (κ3) is 4.76. The van der Waals surface area contributed by atoms with Crippen LogP contribution in [0.5, 0.6) is 0 Å². The Bertz CT molecular complexity index is 1100. The minimum atomic E-state index is -0.494. The summed E-state index contributed by atoms with van der Waals surface area (Å²) >= 11 is 0. The summed E-state index contributed by atoms with van der Waals surface area (Å²) in [5.74, 6) is -0.0813. The smallest absolute Gasteiger partial charge is 0.272 e. The topological polar surface area (TPSA) is 93.9 Å². The zero-order valence-corrected chi connectivity index (χ0v) is 21.9. The SMILES string of the molecule is CC(=O)N(C)[C@H]1CN(CCN2[C@@H]3CC[C@H]2CC(NC(=O)c2nn(C(C)C)c4ccccc24)C3)C[C@@H]1O. The molecule has 0 aliphatic carbocycles. The molecule has 2 aromatic rings. The van der Waals surface area contributed by atoms with Gasteiger partial charge in [-0.25, -0.2) is 0 Å². The summed E-state index contributed by atoms with van der Waals surface area (Å²) in [6, 6.07) is 9.13. The van der Waals surface area contributed by atoms with E-state index in [9.17, 15) is 14.7 Å². The van der Waals surface area contributed by atoms with Crippen molar-refractivity contribution in [2.24, 2.45) is 0 Å². The number of aromatic nitrogens is 2. The molecule has 196 valence electrons. The van der Waals surface area contributed by atoms with E-state index in [-0.39, 0.29) is 29.9 Å². The third-order valence-corrected chi connectivity index (χ3v) is 8.54. The molecule has 9 heteroatoms. The molecule has 1 aromatic heterocycles. The molecule has 9 nitrogen and oxygen atoms in total. The van der Waals surface area contributed by atoms with Crippen LogP contribution in [0.4, 0.5) is 0 Å². The molecule has 3 aliphatic heterocycles. The van der Waals surface area contributed by atoms with E-state index in [2.05, 4.69) is 34.1 Å². The van der Waals surface area contributed by atoms with Gasteiger partial charge in [-0.05, 0) is 45.6 Å². The van der Waals surface area contributed by atoms with Gasteiger partial charge in [0.25, 0.3) is 5.91 Å². The molecule has 2 amide bonds. The highest BCUT2D eigenvalue weighted by Gasteiger charge is 2.42. The standard InChI is InChI=1S/C27H40N6O3/c1-17(2)33-23-8-6-5-7-22(23)26(29-33)27(36)28-19-13-20-9-10-21(14-19)32(20)12-11-31-15-24(25(35)16-31)30(4)18(3)34/h5-8,17,19-21,24-25,35H,9-16H2,1-4H3,(H,28,36)/t19?,20-,21+,24-,25-/m0/s1. The van der Waals surface area contributed by atoms with E-state index in [0.29, 0.717) is 24.3 Å². The second-order valence-corrected chi connectivity index (χ2v) is 11.2. The Morgan fingerprint density at radius 1 is 1.14 bits per heavy atom. The van der Waals surface area contributed by atoms with Gasteiger partial charge in [0, 0.05) is 69.7 Å². The van der Waals surface area contributed by atoms with Crippen LogP contribution in [-0.4, -0.2) is 105 Å². The molecule has 2 N–H and O–H groups in total. The maximum Gasteiger partial charge on any atom is 0.272 e. The van der Waals surface area contributed by atoms with Crippen molar-refractivity contribution in [3.8, 4) is 0 Å². The van der Waals surface area contributed by atoms with Gasteiger partial charge in [0.15, 0.2) is 5.69 Å². The number of β-amino-alcohol motifs (C(OH)–C–C–N with tert-alkyl or cyclic N) is 1. The lowest BCUT2D eigenvalue weighted by Gasteiger charge is -2.39. The molecule has 2 bridgehead atoms. The first kappa shape index (κ1) is 25.2. The second kappa shape index (κ2) is 10.1. The lowest BCUT2D eigenvalue weighted by Crippen LogP contribution is -2.52. The number of aliphatic hydroxyl groups excluding tert-OH is 1. The molecule has 1 unspecified atom stereocenters. The van der Waals surface area contributed by atoms with Crippen LogP contribution < -0.4 is 5.32 Å². The highest BCUT2D eigenvalue weighted by Crippen LogP contribution is 2.36. The number of hydrogen-bond donors (Lipinski definition) is 2. The predicted molar refractivity (Wildman–Crippen MR) is 139 cm³/mol. The van der Waals surface area contributed by atoms with Crippen LogP contribution in [0.1, 0.15) is 63.0 Å². The summed E-state index contributed by atoms with van der Waals surface area (Å²) in [5, 5.41) is 19.3. The lowest BCUT2D eigenvalue weighted by molar-refractivity contribution is -0.130. The van der Waals surface area contributed by atoms with Crippen molar-refractivity contribution in [3.63, 3.8) is 0 Å². The number of nitrogens with one attached hydrogen (secondary N) is 1. The van der Waals surface area contributed by atoms with Crippen LogP contribution in [0.25, 0.3) is 10.9 Å². The number of amides is 2. The molecule has 1 aromatic carbocycles. The fraction of sp³-hybridized carbons (Fsp3) is 0.667. The number of rotatable bonds is 7. The van der Waals surface area contributed by atoms with Crippen molar-refractivity contribution in [1.29, 1.82) is 0 Å². The highest BCUT2D eigenvalue weighted by atomic mass is 16.3. The van der Waals surface area contributed by atoms with Gasteiger partial charge in [-0.15, -0.1) is 0 Å². The quantitative estimate of drug-likeness (QED) is 0.608. The van der Waals surface area contributed by atoms with E-state index in [4.69, 9.17) is 0 Å². The van der Waals surface area contributed by atoms with Crippen LogP contribution in [0.3, 0.4) is 0 Å². The zero-order chi connectivity index (χ0) is 25.6. The molecular formula is C27H40N6O3. The van der Waals surface area contributed by atoms with Crippen LogP contribution in [0.15, 0.2) is 24.3 Å². The first-order valence-corrected chi connectivity index (χ1v) is 13.4. The second-order valence-electron chi connectivity index (χ2n) is 11.2. The van der Waals surface area contributed by atoms with Crippen molar-refractivity contribution in [1.82, 2.24) is 29.8 Å². The summed E-state index contributed by atoms with van der Waals surface area (Å²) in [4.78, 5) is 31.6. The van der Waals surface area contributed by atoms with Crippen molar-refractivity contribution in [2.75, 3.05) is 33.2 Å². The molecule has 36 heavy (non-hydrogen) atoms. The van der Waals surface area contributed by atoms with Crippen molar-refractivity contribution in [3.05, 3.63) is 30.0 Å². The predicted octanol–water partition coefficient (Wildman–Crippen LogP) is 1.87. The molecule has 5 rings (SSSR count). The van der Waals surface area contributed by atoms with Crippen LogP contribution in [0.2, 0.25) is 0 Å². The largest absolute Gasteiger partial charge is 0.390 e. The summed E-state index contributed by atoms with van der Waals surface area (Å²) < 4.78 is 1.94. The third-order valence-electron chi connectivity index (χ3n) is 8.54. The molecule has 3 aliphatic rings. The molecule has 5 atom stereocenters. The molecule has 0 spiro atoms. The van der Waals surface area contributed by atoms with Gasteiger partial charge in [0.2, 0.25) is 5.91 Å². The highest BCUT2D eigenvalue weighted by molar-refractivity contribution is 6.05. The van der Waals surface area contributed by atoms with Crippen molar-refractivity contribution in [2.45, 2.75) is 82.8 Å². The molecule has 0 radical (unpaired) electrons. The number of fused-ring (bicyclic) bond motifs is 3. The molecule has 0 saturated carbocycles. The van der Waals surface area contributed by atoms with Crippen molar-refractivity contribution < 1.29 is 14.7 Å². The average molecular weight is 497 g/mol. The Morgan fingerprint density at radius 3 is 2.50 bits per heavy atom. The number of carbonyl (C=O) groups excluding carboxylic acids is 2. The number of nitrogens with zero attached hydrogens (tertiary/aromatic N) is 5. The van der Waals surface area contributed by atoms with Crippen LogP contribution >= 0.6 is 0 Å². The Balaban J connectivity index is 1.18. The van der Waals surface area contributed by atoms with Crippen LogP contribution in [0, 0.1) is 0 Å². The number of carbonyl (C=O) groups is 2. The normalized spacial score (nSPS) is 28.8. The summed E-state index contributed by atoms with van der Waals surface area (Å²) in [6.45, 7) is 8.90. The molecular weight excluding hydrogens is 456 g/mol. The van der Waals surface area contributed by atoms with Gasteiger partial charge in [-0.1, -0.05) is 18.2 Å². The Kier molecular flexibility index (Phi) is 7.07. The Hall–Kier alpha value is -2.49. The molecule has 3 saturated heterocycles. The van der Waals surface area contributed by atoms with Gasteiger partial charge < -0.3 is 15.3 Å². The monoisotopic (exact) mass is 496 g/mol. The Labute approximate surface area is 213 Å². The molecule has 4 heterocycles. The molecule has 3 fully saturated rings. The van der Waals surface area contributed by atoms with E-state index in [1.807, 2.05) is 28.9 Å². The number of para-hydroxylation sites is 1. The number of likely N-dealkylation sites (N-methyl/N-ethyl adjacent to an activating group) is 1. The van der Waals surface area contributed by atoms with E-state index in [0.717, 1.165) is 43.4 Å². The number of benzene rings is 1. The zero-order valence-electron chi connectivity index (χ0n) is 21.9. The van der Waals surface area contributed by atoms with Gasteiger partial charge in [-0.3, -0.25) is 24.1 Å². The van der Waals surface area contributed by atoms with Crippen molar-refractivity contribution >= 4 is 22.7 Å². The fourth-order valence-corrected chi connectivity index (χ4v) is 6.56. The van der Waals surface area contributed by atoms with E-state index < -0.39 is 6.10 Å². The lowest BCUT2D eigenvalue weighted by atomic mass is 9.97. The number of hydrogen-bond acceptors (Lipinski definition) is 6. The van der Waals surface area contributed by atoms with E-state index in [1.165, 1.54) is 12.8 Å². The maximum atomic E-state index is 13.3.